The van der Waals surface area contributed by atoms with E-state index in [0.717, 1.165) is 16.1 Å². The molecule has 0 bridgehead atoms. The number of ether oxygens (including phenoxy) is 1. The van der Waals surface area contributed by atoms with E-state index < -0.39 is 0 Å². The van der Waals surface area contributed by atoms with Gasteiger partial charge in [0.25, 0.3) is 0 Å². The van der Waals surface area contributed by atoms with Crippen LogP contribution in [0.4, 0.5) is 11.8 Å². The third-order valence-electron chi connectivity index (χ3n) is 2.87. The molecule has 0 aliphatic rings. The smallest absolute Gasteiger partial charge is 0.226 e. The lowest BCUT2D eigenvalue weighted by Crippen LogP contribution is -2.01. The highest BCUT2D eigenvalue weighted by atomic mass is 35.5. The van der Waals surface area contributed by atoms with Gasteiger partial charge in [0.15, 0.2) is 0 Å². The van der Waals surface area contributed by atoms with E-state index in [0.29, 0.717) is 17.5 Å². The van der Waals surface area contributed by atoms with Crippen molar-refractivity contribution >= 4 is 23.4 Å². The fraction of sp³-hybridized carbons (Fsp3) is 0.286. The van der Waals surface area contributed by atoms with Gasteiger partial charge in [-0.2, -0.15) is 9.97 Å². The van der Waals surface area contributed by atoms with Crippen molar-refractivity contribution in [2.75, 3.05) is 11.5 Å². The van der Waals surface area contributed by atoms with Crippen molar-refractivity contribution in [3.8, 4) is 11.6 Å². The molecule has 1 heterocycles. The number of nitrogens with two attached hydrogens (primary N) is 2. The summed E-state index contributed by atoms with van der Waals surface area (Å²) in [6.07, 6.45) is 0. The number of hydrogen-bond acceptors (Lipinski definition) is 5. The molecule has 0 saturated carbocycles. The molecule has 1 aromatic carbocycles. The van der Waals surface area contributed by atoms with Gasteiger partial charge in [-0.15, -0.1) is 0 Å². The van der Waals surface area contributed by atoms with Crippen molar-refractivity contribution in [3.05, 3.63) is 34.3 Å². The van der Waals surface area contributed by atoms with Gasteiger partial charge in [0.05, 0.1) is 0 Å². The molecule has 0 unspecified atom stereocenters. The van der Waals surface area contributed by atoms with Crippen LogP contribution in [0.5, 0.6) is 11.6 Å². The Balaban J connectivity index is 2.40. The molecule has 4 N–H and O–H groups in total. The molecule has 6 heteroatoms. The summed E-state index contributed by atoms with van der Waals surface area (Å²) in [6, 6.07) is 5.32. The average Bonchev–Trinajstić information content (AvgIpc) is 2.30. The first-order valence-corrected chi connectivity index (χ1v) is 6.62. The Labute approximate surface area is 122 Å². The standard InChI is InChI=1S/C14H17ClN4O/c1-7(2)9-5-11(8(3)4-10(9)15)20-13-6-12(16)18-14(17)19-13/h4-7H,1-3H3,(H4,16,17,18,19). The molecule has 106 valence electrons. The Morgan fingerprint density at radius 2 is 1.85 bits per heavy atom. The van der Waals surface area contributed by atoms with Crippen molar-refractivity contribution in [1.29, 1.82) is 0 Å². The molecule has 2 aromatic rings. The number of rotatable bonds is 3. The first-order chi connectivity index (χ1) is 9.36. The number of halogens is 1. The van der Waals surface area contributed by atoms with E-state index in [9.17, 15) is 0 Å². The van der Waals surface area contributed by atoms with Crippen LogP contribution in [0.2, 0.25) is 5.02 Å². The first-order valence-electron chi connectivity index (χ1n) is 6.24. The molecule has 2 rings (SSSR count). The number of nitrogen functional groups attached to an aromatic ring is 2. The van der Waals surface area contributed by atoms with E-state index in [4.69, 9.17) is 27.8 Å². The van der Waals surface area contributed by atoms with E-state index in [-0.39, 0.29) is 11.8 Å². The molecule has 0 atom stereocenters. The highest BCUT2D eigenvalue weighted by Gasteiger charge is 2.12. The molecule has 0 radical (unpaired) electrons. The zero-order chi connectivity index (χ0) is 14.9. The summed E-state index contributed by atoms with van der Waals surface area (Å²) in [4.78, 5) is 7.80. The zero-order valence-electron chi connectivity index (χ0n) is 11.6. The maximum absolute atomic E-state index is 6.23. The highest BCUT2D eigenvalue weighted by molar-refractivity contribution is 6.31. The molecular weight excluding hydrogens is 276 g/mol. The maximum atomic E-state index is 6.23. The lowest BCUT2D eigenvalue weighted by molar-refractivity contribution is 0.458. The maximum Gasteiger partial charge on any atom is 0.226 e. The number of hydrogen-bond donors (Lipinski definition) is 2. The normalized spacial score (nSPS) is 10.8. The van der Waals surface area contributed by atoms with E-state index in [1.807, 2.05) is 19.1 Å². The van der Waals surface area contributed by atoms with Crippen molar-refractivity contribution < 1.29 is 4.74 Å². The van der Waals surface area contributed by atoms with Gasteiger partial charge in [-0.3, -0.25) is 0 Å². The monoisotopic (exact) mass is 292 g/mol. The second-order valence-corrected chi connectivity index (χ2v) is 5.29. The summed E-state index contributed by atoms with van der Waals surface area (Å²) < 4.78 is 5.75. The average molecular weight is 293 g/mol. The van der Waals surface area contributed by atoms with Crippen LogP contribution in [0.15, 0.2) is 18.2 Å². The van der Waals surface area contributed by atoms with Gasteiger partial charge in [0.1, 0.15) is 11.6 Å². The van der Waals surface area contributed by atoms with Gasteiger partial charge in [0, 0.05) is 11.1 Å². The van der Waals surface area contributed by atoms with E-state index in [1.165, 1.54) is 6.07 Å². The highest BCUT2D eigenvalue weighted by Crippen LogP contribution is 2.33. The summed E-state index contributed by atoms with van der Waals surface area (Å²) in [5.41, 5.74) is 13.1. The number of benzene rings is 1. The topological polar surface area (TPSA) is 87.0 Å². The van der Waals surface area contributed by atoms with E-state index >= 15 is 0 Å². The predicted molar refractivity (Wildman–Crippen MR) is 81.2 cm³/mol. The Kier molecular flexibility index (Phi) is 3.99. The van der Waals surface area contributed by atoms with Crippen LogP contribution in [0.3, 0.4) is 0 Å². The number of aryl methyl sites for hydroxylation is 1. The van der Waals surface area contributed by atoms with Gasteiger partial charge < -0.3 is 16.2 Å². The summed E-state index contributed by atoms with van der Waals surface area (Å²) in [5.74, 6) is 1.63. The minimum atomic E-state index is 0.0794. The number of nitrogens with zero attached hydrogens (tertiary/aromatic N) is 2. The molecule has 0 spiro atoms. The SMILES string of the molecule is Cc1cc(Cl)c(C(C)C)cc1Oc1cc(N)nc(N)n1. The van der Waals surface area contributed by atoms with Gasteiger partial charge in [-0.25, -0.2) is 0 Å². The van der Waals surface area contributed by atoms with Crippen LogP contribution in [0.25, 0.3) is 0 Å². The molecule has 0 saturated heterocycles. The van der Waals surface area contributed by atoms with E-state index in [2.05, 4.69) is 23.8 Å². The van der Waals surface area contributed by atoms with Crippen molar-refractivity contribution in [1.82, 2.24) is 9.97 Å². The van der Waals surface area contributed by atoms with Gasteiger partial charge in [-0.1, -0.05) is 25.4 Å². The molecule has 1 aromatic heterocycles. The van der Waals surface area contributed by atoms with Gasteiger partial charge >= 0.3 is 0 Å². The Bertz CT molecular complexity index is 623. The third-order valence-corrected chi connectivity index (χ3v) is 3.20. The second kappa shape index (κ2) is 5.54. The Morgan fingerprint density at radius 1 is 1.15 bits per heavy atom. The summed E-state index contributed by atoms with van der Waals surface area (Å²) in [5, 5.41) is 0.728. The summed E-state index contributed by atoms with van der Waals surface area (Å²) in [6.45, 7) is 6.06. The lowest BCUT2D eigenvalue weighted by Gasteiger charge is -2.14. The Morgan fingerprint density at radius 3 is 2.45 bits per heavy atom. The lowest BCUT2D eigenvalue weighted by atomic mass is 10.0. The summed E-state index contributed by atoms with van der Waals surface area (Å²) >= 11 is 6.23. The Hall–Kier alpha value is -2.01. The third kappa shape index (κ3) is 3.11. The quantitative estimate of drug-likeness (QED) is 0.904. The fourth-order valence-corrected chi connectivity index (χ4v) is 2.28. The second-order valence-electron chi connectivity index (χ2n) is 4.89. The van der Waals surface area contributed by atoms with Crippen molar-refractivity contribution in [2.24, 2.45) is 0 Å². The predicted octanol–water partition coefficient (Wildman–Crippen LogP) is 3.52. The number of anilines is 2. The minimum absolute atomic E-state index is 0.0794. The van der Waals surface area contributed by atoms with E-state index in [1.54, 1.807) is 0 Å². The molecule has 0 aliphatic carbocycles. The van der Waals surface area contributed by atoms with Crippen LogP contribution in [-0.2, 0) is 0 Å². The van der Waals surface area contributed by atoms with Crippen LogP contribution < -0.4 is 16.2 Å². The molecule has 20 heavy (non-hydrogen) atoms. The van der Waals surface area contributed by atoms with Crippen molar-refractivity contribution in [3.63, 3.8) is 0 Å². The fourth-order valence-electron chi connectivity index (χ4n) is 1.85. The molecule has 0 aliphatic heterocycles. The zero-order valence-corrected chi connectivity index (χ0v) is 12.4. The van der Waals surface area contributed by atoms with Crippen LogP contribution in [0.1, 0.15) is 30.9 Å². The summed E-state index contributed by atoms with van der Waals surface area (Å²) in [7, 11) is 0. The van der Waals surface area contributed by atoms with Crippen LogP contribution in [-0.4, -0.2) is 9.97 Å². The molecule has 5 nitrogen and oxygen atoms in total. The minimum Gasteiger partial charge on any atom is -0.438 e. The first kappa shape index (κ1) is 14.4. The van der Waals surface area contributed by atoms with Gasteiger partial charge in [0.2, 0.25) is 11.8 Å². The largest absolute Gasteiger partial charge is 0.438 e. The van der Waals surface area contributed by atoms with Crippen LogP contribution >= 0.6 is 11.6 Å². The number of aromatic nitrogens is 2. The molecule has 0 amide bonds. The molecular formula is C14H17ClN4O. The van der Waals surface area contributed by atoms with Crippen LogP contribution in [0, 0.1) is 6.92 Å². The van der Waals surface area contributed by atoms with Gasteiger partial charge in [-0.05, 0) is 36.1 Å². The van der Waals surface area contributed by atoms with Crippen molar-refractivity contribution in [2.45, 2.75) is 26.7 Å². The molecule has 0 fully saturated rings.